The fourth-order valence-corrected chi connectivity index (χ4v) is 2.42. The average molecular weight is 301 g/mol. The Morgan fingerprint density at radius 1 is 1.14 bits per heavy atom. The van der Waals surface area contributed by atoms with Crippen LogP contribution < -0.4 is 16.4 Å². The van der Waals surface area contributed by atoms with E-state index in [-0.39, 0.29) is 18.3 Å². The summed E-state index contributed by atoms with van der Waals surface area (Å²) in [5.41, 5.74) is 4.53. The molecule has 5 N–H and O–H groups in total. The van der Waals surface area contributed by atoms with Crippen molar-refractivity contribution in [2.24, 2.45) is 11.1 Å². The predicted molar refractivity (Wildman–Crippen MR) is 79.7 cm³/mol. The van der Waals surface area contributed by atoms with Crippen LogP contribution in [0.5, 0.6) is 0 Å². The van der Waals surface area contributed by atoms with Gasteiger partial charge in [0.25, 0.3) is 0 Å². The van der Waals surface area contributed by atoms with Gasteiger partial charge in [0.2, 0.25) is 5.91 Å². The molecule has 0 saturated heterocycles. The van der Waals surface area contributed by atoms with Crippen molar-refractivity contribution in [3.05, 3.63) is 0 Å². The van der Waals surface area contributed by atoms with Gasteiger partial charge in [-0.25, -0.2) is 9.59 Å². The van der Waals surface area contributed by atoms with Crippen molar-refractivity contribution in [2.45, 2.75) is 65.5 Å². The number of amides is 3. The smallest absolute Gasteiger partial charge is 0.326 e. The Bertz CT molecular complexity index is 400. The molecule has 0 rings (SSSR count). The number of carbonyl (C=O) groups is 3. The van der Waals surface area contributed by atoms with Gasteiger partial charge in [-0.1, -0.05) is 20.8 Å². The minimum absolute atomic E-state index is 0.0228. The molecule has 0 aliphatic carbocycles. The van der Waals surface area contributed by atoms with Crippen LogP contribution in [0.3, 0.4) is 0 Å². The zero-order valence-corrected chi connectivity index (χ0v) is 13.4. The summed E-state index contributed by atoms with van der Waals surface area (Å²) < 4.78 is 0. The van der Waals surface area contributed by atoms with E-state index in [1.54, 1.807) is 0 Å². The third kappa shape index (κ3) is 9.70. The Hall–Kier alpha value is -1.79. The highest BCUT2D eigenvalue weighted by Crippen LogP contribution is 2.26. The summed E-state index contributed by atoms with van der Waals surface area (Å²) in [7, 11) is 0. The standard InChI is InChI=1S/C14H27N3O4/c1-13(2,3)8-14(4,5)17-12(21)16-9(11(19)20)6-7-10(15)18/h9H,6-8H2,1-5H3,(H2,15,18)(H,19,20)(H2,16,17,21). The summed E-state index contributed by atoms with van der Waals surface area (Å²) >= 11 is 0. The van der Waals surface area contributed by atoms with Crippen LogP contribution in [0.25, 0.3) is 0 Å². The van der Waals surface area contributed by atoms with Crippen molar-refractivity contribution in [3.63, 3.8) is 0 Å². The molecule has 0 heterocycles. The van der Waals surface area contributed by atoms with E-state index in [2.05, 4.69) is 31.4 Å². The summed E-state index contributed by atoms with van der Waals surface area (Å²) in [6.45, 7) is 9.91. The molecule has 7 heteroatoms. The summed E-state index contributed by atoms with van der Waals surface area (Å²) in [4.78, 5) is 33.6. The molecule has 0 aromatic carbocycles. The first kappa shape index (κ1) is 19.2. The Balaban J connectivity index is 4.56. The van der Waals surface area contributed by atoms with E-state index >= 15 is 0 Å². The highest BCUT2D eigenvalue weighted by atomic mass is 16.4. The van der Waals surface area contributed by atoms with Crippen LogP contribution in [-0.4, -0.2) is 34.6 Å². The highest BCUT2D eigenvalue weighted by molar-refractivity contribution is 5.83. The fraction of sp³-hybridized carbons (Fsp3) is 0.786. The molecule has 0 bridgehead atoms. The number of primary amides is 1. The predicted octanol–water partition coefficient (Wildman–Crippen LogP) is 1.22. The van der Waals surface area contributed by atoms with Gasteiger partial charge in [-0.15, -0.1) is 0 Å². The lowest BCUT2D eigenvalue weighted by molar-refractivity contribution is -0.139. The lowest BCUT2D eigenvalue weighted by Gasteiger charge is -2.33. The number of rotatable bonds is 7. The van der Waals surface area contributed by atoms with Crippen LogP contribution in [0.4, 0.5) is 4.79 Å². The number of hydrogen-bond acceptors (Lipinski definition) is 3. The van der Waals surface area contributed by atoms with Crippen LogP contribution in [0.2, 0.25) is 0 Å². The van der Waals surface area contributed by atoms with Crippen LogP contribution >= 0.6 is 0 Å². The number of hydrogen-bond donors (Lipinski definition) is 4. The van der Waals surface area contributed by atoms with Crippen molar-refractivity contribution in [2.75, 3.05) is 0 Å². The molecule has 1 atom stereocenters. The molecular formula is C14H27N3O4. The maximum atomic E-state index is 11.9. The Kier molecular flexibility index (Phi) is 6.66. The average Bonchev–Trinajstić information content (AvgIpc) is 2.18. The van der Waals surface area contributed by atoms with E-state index in [0.717, 1.165) is 6.42 Å². The second kappa shape index (κ2) is 7.28. The second-order valence-corrected chi connectivity index (χ2v) is 7.12. The van der Waals surface area contributed by atoms with Gasteiger partial charge in [0.15, 0.2) is 0 Å². The van der Waals surface area contributed by atoms with Gasteiger partial charge in [0.05, 0.1) is 0 Å². The Labute approximate surface area is 125 Å². The van der Waals surface area contributed by atoms with Gasteiger partial charge in [-0.05, 0) is 32.1 Å². The summed E-state index contributed by atoms with van der Waals surface area (Å²) in [5, 5.41) is 14.1. The topological polar surface area (TPSA) is 122 Å². The quantitative estimate of drug-likeness (QED) is 0.564. The number of nitrogens with one attached hydrogen (secondary N) is 2. The molecule has 0 aliphatic rings. The first-order valence-electron chi connectivity index (χ1n) is 6.92. The van der Waals surface area contributed by atoms with Crippen molar-refractivity contribution in [1.29, 1.82) is 0 Å². The third-order valence-electron chi connectivity index (χ3n) is 2.71. The van der Waals surface area contributed by atoms with E-state index in [4.69, 9.17) is 10.8 Å². The molecule has 0 aliphatic heterocycles. The second-order valence-electron chi connectivity index (χ2n) is 7.12. The summed E-state index contributed by atoms with van der Waals surface area (Å²) in [6, 6.07) is -1.70. The van der Waals surface area contributed by atoms with Crippen molar-refractivity contribution >= 4 is 17.9 Å². The monoisotopic (exact) mass is 301 g/mol. The van der Waals surface area contributed by atoms with E-state index in [9.17, 15) is 14.4 Å². The van der Waals surface area contributed by atoms with E-state index in [1.807, 2.05) is 13.8 Å². The van der Waals surface area contributed by atoms with Crippen molar-refractivity contribution in [1.82, 2.24) is 10.6 Å². The van der Waals surface area contributed by atoms with Gasteiger partial charge in [0.1, 0.15) is 6.04 Å². The summed E-state index contributed by atoms with van der Waals surface area (Å²) in [6.07, 6.45) is 0.604. The van der Waals surface area contributed by atoms with Gasteiger partial charge < -0.3 is 21.5 Å². The Morgan fingerprint density at radius 3 is 2.05 bits per heavy atom. The van der Waals surface area contributed by atoms with Gasteiger partial charge in [-0.3, -0.25) is 4.79 Å². The minimum Gasteiger partial charge on any atom is -0.480 e. The Morgan fingerprint density at radius 2 is 1.67 bits per heavy atom. The zero-order valence-electron chi connectivity index (χ0n) is 13.4. The number of carbonyl (C=O) groups excluding carboxylic acids is 2. The van der Waals surface area contributed by atoms with E-state index in [1.165, 1.54) is 0 Å². The van der Waals surface area contributed by atoms with Crippen molar-refractivity contribution in [3.8, 4) is 0 Å². The van der Waals surface area contributed by atoms with Crippen LogP contribution in [0.15, 0.2) is 0 Å². The molecule has 0 aromatic rings. The molecule has 0 saturated carbocycles. The highest BCUT2D eigenvalue weighted by Gasteiger charge is 2.28. The zero-order chi connectivity index (χ0) is 16.8. The fourth-order valence-electron chi connectivity index (χ4n) is 2.42. The normalized spacial score (nSPS) is 13.4. The van der Waals surface area contributed by atoms with Gasteiger partial charge in [-0.2, -0.15) is 0 Å². The van der Waals surface area contributed by atoms with Crippen molar-refractivity contribution < 1.29 is 19.5 Å². The molecule has 21 heavy (non-hydrogen) atoms. The maximum absolute atomic E-state index is 11.9. The third-order valence-corrected chi connectivity index (χ3v) is 2.71. The minimum atomic E-state index is -1.19. The maximum Gasteiger partial charge on any atom is 0.326 e. The number of carboxylic acids is 1. The first-order valence-corrected chi connectivity index (χ1v) is 6.92. The molecular weight excluding hydrogens is 274 g/mol. The number of urea groups is 1. The molecule has 122 valence electrons. The number of carboxylic acid groups (broad SMARTS) is 1. The molecule has 0 fully saturated rings. The SMILES string of the molecule is CC(C)(C)CC(C)(C)NC(=O)NC(CCC(N)=O)C(=O)O. The molecule has 0 spiro atoms. The van der Waals surface area contributed by atoms with E-state index in [0.29, 0.717) is 0 Å². The van der Waals surface area contributed by atoms with Crippen LogP contribution in [-0.2, 0) is 9.59 Å². The lowest BCUT2D eigenvalue weighted by atomic mass is 9.82. The summed E-state index contributed by atoms with van der Waals surface area (Å²) in [5.74, 6) is -1.79. The number of nitrogens with two attached hydrogens (primary N) is 1. The van der Waals surface area contributed by atoms with E-state index < -0.39 is 29.5 Å². The molecule has 1 unspecified atom stereocenters. The molecule has 0 radical (unpaired) electrons. The van der Waals surface area contributed by atoms with Gasteiger partial charge in [0, 0.05) is 12.0 Å². The molecule has 7 nitrogen and oxygen atoms in total. The molecule has 0 aromatic heterocycles. The largest absolute Gasteiger partial charge is 0.480 e. The first-order chi connectivity index (χ1) is 9.32. The number of aliphatic carboxylic acids is 1. The van der Waals surface area contributed by atoms with Crippen LogP contribution in [0.1, 0.15) is 53.9 Å². The molecule has 3 amide bonds. The van der Waals surface area contributed by atoms with Gasteiger partial charge >= 0.3 is 12.0 Å². The lowest BCUT2D eigenvalue weighted by Crippen LogP contribution is -2.53. The van der Waals surface area contributed by atoms with Crippen LogP contribution in [0, 0.1) is 5.41 Å².